The number of ketones is 1. The van der Waals surface area contributed by atoms with Crippen LogP contribution < -0.4 is 36.8 Å². The van der Waals surface area contributed by atoms with Gasteiger partial charge in [0.2, 0.25) is 0 Å². The summed E-state index contributed by atoms with van der Waals surface area (Å²) in [6.45, 7) is 2.93. The third kappa shape index (κ3) is 3.39. The summed E-state index contributed by atoms with van der Waals surface area (Å²) in [5.74, 6) is 1.64. The highest BCUT2D eigenvalue weighted by molar-refractivity contribution is 5.96. The summed E-state index contributed by atoms with van der Waals surface area (Å²) in [7, 11) is 3.11. The van der Waals surface area contributed by atoms with Crippen molar-refractivity contribution in [1.82, 2.24) is 4.57 Å². The maximum Gasteiger partial charge on any atom is 0.356 e. The molecule has 26 heavy (non-hydrogen) atoms. The highest BCUT2D eigenvalue weighted by Gasteiger charge is 2.22. The number of nitrogen functional groups attached to an aromatic ring is 1. The number of rotatable bonds is 6. The number of carbonyl (C=O) groups is 1. The molecule has 0 fully saturated rings. The van der Waals surface area contributed by atoms with E-state index in [2.05, 4.69) is 0 Å². The standard InChI is InChI=1S/C19H21N3O3.BrH/c1-4-21-14-7-5-6-8-15(14)22(19(21)20)12-16(23)13-9-10-17(24-2)18(11-13)25-3;/h5-11,20H,4,12H2,1-3H3;1H. The highest BCUT2D eigenvalue weighted by atomic mass is 79.9. The van der Waals surface area contributed by atoms with E-state index in [1.807, 2.05) is 40.3 Å². The van der Waals surface area contributed by atoms with Gasteiger partial charge in [0.05, 0.1) is 20.8 Å². The molecule has 0 saturated carbocycles. The van der Waals surface area contributed by atoms with Crippen molar-refractivity contribution in [2.45, 2.75) is 20.0 Å². The van der Waals surface area contributed by atoms with Crippen molar-refractivity contribution in [2.24, 2.45) is 0 Å². The molecule has 0 saturated heterocycles. The fourth-order valence-electron chi connectivity index (χ4n) is 3.06. The fourth-order valence-corrected chi connectivity index (χ4v) is 3.06. The molecule has 2 N–H and O–H groups in total. The van der Waals surface area contributed by atoms with Crippen LogP contribution in [0.1, 0.15) is 17.3 Å². The van der Waals surface area contributed by atoms with Gasteiger partial charge in [-0.05, 0) is 37.3 Å². The molecular formula is C19H22BrN3O3. The van der Waals surface area contributed by atoms with Gasteiger partial charge in [0.1, 0.15) is 17.6 Å². The number of para-hydroxylation sites is 2. The lowest BCUT2D eigenvalue weighted by molar-refractivity contribution is -0.642. The van der Waals surface area contributed by atoms with Crippen LogP contribution in [-0.4, -0.2) is 24.6 Å². The van der Waals surface area contributed by atoms with Crippen LogP contribution in [0.25, 0.3) is 11.0 Å². The van der Waals surface area contributed by atoms with Crippen LogP contribution in [0, 0.1) is 0 Å². The summed E-state index contributed by atoms with van der Waals surface area (Å²) in [5.41, 5.74) is 8.79. The van der Waals surface area contributed by atoms with E-state index < -0.39 is 0 Å². The van der Waals surface area contributed by atoms with Crippen LogP contribution >= 0.6 is 0 Å². The number of methoxy groups -OCH3 is 2. The van der Waals surface area contributed by atoms with Gasteiger partial charge in [0, 0.05) is 5.56 Å². The first-order chi connectivity index (χ1) is 12.1. The molecule has 3 rings (SSSR count). The van der Waals surface area contributed by atoms with Crippen LogP contribution in [0.3, 0.4) is 0 Å². The minimum atomic E-state index is -0.0448. The second-order valence-corrected chi connectivity index (χ2v) is 5.67. The second kappa shape index (κ2) is 8.23. The lowest BCUT2D eigenvalue weighted by Gasteiger charge is -2.09. The SMILES string of the molecule is CCn1c(N)[n+](CC(=O)c2ccc(OC)c(OC)c2)c2ccccc21.[Br-]. The number of carbonyl (C=O) groups excluding carboxylic acids is 1. The molecule has 1 heterocycles. The molecule has 0 aliphatic heterocycles. The summed E-state index contributed by atoms with van der Waals surface area (Å²) in [4.78, 5) is 12.8. The van der Waals surface area contributed by atoms with E-state index in [-0.39, 0.29) is 29.3 Å². The van der Waals surface area contributed by atoms with Gasteiger partial charge in [-0.3, -0.25) is 10.5 Å². The first-order valence-corrected chi connectivity index (χ1v) is 8.12. The number of nitrogens with two attached hydrogens (primary N) is 1. The van der Waals surface area contributed by atoms with Crippen LogP contribution in [0.5, 0.6) is 11.5 Å². The third-order valence-electron chi connectivity index (χ3n) is 4.34. The molecule has 7 heteroatoms. The van der Waals surface area contributed by atoms with Crippen molar-refractivity contribution in [2.75, 3.05) is 20.0 Å². The molecule has 0 spiro atoms. The number of halogens is 1. The topological polar surface area (TPSA) is 70.4 Å². The molecule has 0 atom stereocenters. The Hall–Kier alpha value is -2.54. The largest absolute Gasteiger partial charge is 1.00 e. The molecule has 6 nitrogen and oxygen atoms in total. The van der Waals surface area contributed by atoms with Crippen molar-refractivity contribution in [1.29, 1.82) is 0 Å². The van der Waals surface area contributed by atoms with E-state index in [9.17, 15) is 4.79 Å². The number of hydrogen-bond acceptors (Lipinski definition) is 4. The van der Waals surface area contributed by atoms with Crippen molar-refractivity contribution >= 4 is 22.8 Å². The minimum absolute atomic E-state index is 0. The molecule has 1 aromatic heterocycles. The van der Waals surface area contributed by atoms with E-state index in [0.29, 0.717) is 23.0 Å². The van der Waals surface area contributed by atoms with E-state index >= 15 is 0 Å². The molecule has 138 valence electrons. The molecule has 0 amide bonds. The van der Waals surface area contributed by atoms with Crippen LogP contribution in [0.4, 0.5) is 5.95 Å². The lowest BCUT2D eigenvalue weighted by atomic mass is 10.1. The molecule has 0 radical (unpaired) electrons. The van der Waals surface area contributed by atoms with Crippen LogP contribution in [0.15, 0.2) is 42.5 Å². The van der Waals surface area contributed by atoms with Gasteiger partial charge >= 0.3 is 5.95 Å². The second-order valence-electron chi connectivity index (χ2n) is 5.67. The van der Waals surface area contributed by atoms with Gasteiger partial charge in [0.15, 0.2) is 17.3 Å². The Morgan fingerprint density at radius 2 is 1.81 bits per heavy atom. The van der Waals surface area contributed by atoms with Crippen molar-refractivity contribution in [3.8, 4) is 11.5 Å². The maximum absolute atomic E-state index is 12.8. The zero-order valence-corrected chi connectivity index (χ0v) is 16.6. The predicted molar refractivity (Wildman–Crippen MR) is 96.1 cm³/mol. The number of benzene rings is 2. The van der Waals surface area contributed by atoms with Gasteiger partial charge in [-0.25, -0.2) is 9.13 Å². The average Bonchev–Trinajstić information content (AvgIpc) is 2.92. The Labute approximate surface area is 162 Å². The molecule has 0 unspecified atom stereocenters. The van der Waals surface area contributed by atoms with Gasteiger partial charge < -0.3 is 26.5 Å². The van der Waals surface area contributed by atoms with Gasteiger partial charge in [-0.2, -0.15) is 0 Å². The molecule has 0 aliphatic rings. The highest BCUT2D eigenvalue weighted by Crippen LogP contribution is 2.27. The number of Topliss-reactive ketones (excluding diaryl/α,β-unsaturated/α-hetero) is 1. The molecule has 0 bridgehead atoms. The normalized spacial score (nSPS) is 10.4. The summed E-state index contributed by atoms with van der Waals surface area (Å²) in [6, 6.07) is 13.0. The van der Waals surface area contributed by atoms with Crippen molar-refractivity contribution in [3.05, 3.63) is 48.0 Å². The van der Waals surface area contributed by atoms with Gasteiger partial charge in [0.25, 0.3) is 0 Å². The van der Waals surface area contributed by atoms with Gasteiger partial charge in [-0.1, -0.05) is 12.1 Å². The number of hydrogen-bond donors (Lipinski definition) is 1. The summed E-state index contributed by atoms with van der Waals surface area (Å²) < 4.78 is 14.3. The third-order valence-corrected chi connectivity index (χ3v) is 4.34. The van der Waals surface area contributed by atoms with E-state index in [0.717, 1.165) is 17.6 Å². The maximum atomic E-state index is 12.8. The Kier molecular flexibility index (Phi) is 6.26. The summed E-state index contributed by atoms with van der Waals surface area (Å²) >= 11 is 0. The minimum Gasteiger partial charge on any atom is -1.00 e. The smallest absolute Gasteiger partial charge is 0.356 e. The fraction of sp³-hybridized carbons (Fsp3) is 0.263. The van der Waals surface area contributed by atoms with Crippen LogP contribution in [-0.2, 0) is 13.1 Å². The first-order valence-electron chi connectivity index (χ1n) is 8.12. The zero-order valence-electron chi connectivity index (χ0n) is 15.0. The van der Waals surface area contributed by atoms with E-state index in [1.54, 1.807) is 32.4 Å². The Morgan fingerprint density at radius 1 is 1.12 bits per heavy atom. The number of imidazole rings is 1. The monoisotopic (exact) mass is 419 g/mol. The van der Waals surface area contributed by atoms with Gasteiger partial charge in [-0.15, -0.1) is 0 Å². The molecular weight excluding hydrogens is 398 g/mol. The van der Waals surface area contributed by atoms with Crippen molar-refractivity contribution < 1.29 is 35.8 Å². The Balaban J connectivity index is 0.00000243. The quantitative estimate of drug-likeness (QED) is 0.429. The molecule has 2 aromatic carbocycles. The molecule has 0 aliphatic carbocycles. The number of aryl methyl sites for hydroxylation is 1. The zero-order chi connectivity index (χ0) is 18.0. The number of aromatic nitrogens is 2. The van der Waals surface area contributed by atoms with E-state index in [1.165, 1.54) is 0 Å². The van der Waals surface area contributed by atoms with Crippen molar-refractivity contribution in [3.63, 3.8) is 0 Å². The number of fused-ring (bicyclic) bond motifs is 1. The summed E-state index contributed by atoms with van der Waals surface area (Å²) in [6.07, 6.45) is 0. The predicted octanol–water partition coefficient (Wildman–Crippen LogP) is -0.565. The lowest BCUT2D eigenvalue weighted by Crippen LogP contribution is -3.00. The first kappa shape index (κ1) is 19.8. The molecule has 3 aromatic rings. The van der Waals surface area contributed by atoms with E-state index in [4.69, 9.17) is 15.2 Å². The number of nitrogens with zero attached hydrogens (tertiary/aromatic N) is 2. The average molecular weight is 420 g/mol. The number of anilines is 1. The van der Waals surface area contributed by atoms with Crippen LogP contribution in [0.2, 0.25) is 0 Å². The number of ether oxygens (including phenoxy) is 2. The Morgan fingerprint density at radius 3 is 2.46 bits per heavy atom. The Bertz CT molecular complexity index is 937. The summed E-state index contributed by atoms with van der Waals surface area (Å²) in [5, 5.41) is 0.